The Balaban J connectivity index is 1.70. The molecule has 0 atom stereocenters. The van der Waals surface area contributed by atoms with Crippen molar-refractivity contribution in [2.24, 2.45) is 5.92 Å². The number of aromatic nitrogens is 3. The van der Waals surface area contributed by atoms with Crippen LogP contribution in [0.4, 0.5) is 5.82 Å². The third kappa shape index (κ3) is 2.78. The number of hydrogen-bond acceptors (Lipinski definition) is 5. The molecule has 0 bridgehead atoms. The molecule has 0 spiro atoms. The van der Waals surface area contributed by atoms with E-state index in [4.69, 9.17) is 9.40 Å². The number of quaternary nitrogens is 1. The Kier molecular flexibility index (Phi) is 4.04. The van der Waals surface area contributed by atoms with Crippen LogP contribution < -0.4 is 9.80 Å². The first kappa shape index (κ1) is 16.9. The first-order valence-electron chi connectivity index (χ1n) is 10.3. The summed E-state index contributed by atoms with van der Waals surface area (Å²) in [4.78, 5) is 18.1. The summed E-state index contributed by atoms with van der Waals surface area (Å²) in [5, 5.41) is 1.13. The average Bonchev–Trinajstić information content (AvgIpc) is 3.25. The quantitative estimate of drug-likeness (QED) is 0.766. The lowest BCUT2D eigenvalue weighted by atomic mass is 9.99. The molecule has 3 aromatic rings. The minimum absolute atomic E-state index is 0.590. The number of furan rings is 1. The van der Waals surface area contributed by atoms with Crippen LogP contribution in [0.3, 0.4) is 0 Å². The van der Waals surface area contributed by atoms with E-state index in [0.717, 1.165) is 73.5 Å². The second-order valence-electron chi connectivity index (χ2n) is 8.57. The Morgan fingerprint density at radius 1 is 1.15 bits per heavy atom. The smallest absolute Gasteiger partial charge is 0.229 e. The summed E-state index contributed by atoms with van der Waals surface area (Å²) >= 11 is 0. The molecule has 0 radical (unpaired) electrons. The number of rotatable bonds is 3. The van der Waals surface area contributed by atoms with Gasteiger partial charge in [0.15, 0.2) is 11.4 Å². The second-order valence-corrected chi connectivity index (χ2v) is 8.57. The van der Waals surface area contributed by atoms with Crippen molar-refractivity contribution in [1.29, 1.82) is 0 Å². The van der Waals surface area contributed by atoms with Crippen LogP contribution in [0.25, 0.3) is 22.2 Å². The third-order valence-corrected chi connectivity index (χ3v) is 6.06. The lowest BCUT2D eigenvalue weighted by Gasteiger charge is -2.30. The fourth-order valence-electron chi connectivity index (χ4n) is 4.65. The summed E-state index contributed by atoms with van der Waals surface area (Å²) in [5.41, 5.74) is 6.60. The molecule has 1 aliphatic carbocycles. The summed E-state index contributed by atoms with van der Waals surface area (Å²) in [5.74, 6) is 1.52. The number of nitrogens with zero attached hydrogens (tertiary/aromatic N) is 4. The molecule has 0 aromatic carbocycles. The number of hydrogen-bond donors (Lipinski definition) is 1. The van der Waals surface area contributed by atoms with Crippen molar-refractivity contribution in [3.63, 3.8) is 0 Å². The highest BCUT2D eigenvalue weighted by atomic mass is 16.3. The van der Waals surface area contributed by atoms with E-state index < -0.39 is 0 Å². The standard InChI is InChI=1S/C21H27N5O/c1-13(2)11-16-14-5-4-6-15(14)17-18-19(27-21(17)24-16)20(23-12-22-18)26-9-7-25(3)8-10-26/h12-13H,4-11H2,1-3H3/p+1. The Morgan fingerprint density at radius 2 is 1.93 bits per heavy atom. The zero-order valence-electron chi connectivity index (χ0n) is 16.5. The lowest BCUT2D eigenvalue weighted by Crippen LogP contribution is -3.12. The van der Waals surface area contributed by atoms with Gasteiger partial charge >= 0.3 is 0 Å². The molecule has 6 heteroatoms. The van der Waals surface area contributed by atoms with Crippen LogP contribution in [-0.4, -0.2) is 48.2 Å². The molecule has 3 aromatic heterocycles. The molecule has 1 fully saturated rings. The second kappa shape index (κ2) is 6.44. The largest absolute Gasteiger partial charge is 0.432 e. The molecule has 4 heterocycles. The van der Waals surface area contributed by atoms with Gasteiger partial charge in [0, 0.05) is 5.69 Å². The molecule has 1 aliphatic heterocycles. The fourth-order valence-corrected chi connectivity index (χ4v) is 4.65. The molecule has 0 amide bonds. The summed E-state index contributed by atoms with van der Waals surface area (Å²) in [7, 11) is 2.25. The van der Waals surface area contributed by atoms with Crippen LogP contribution >= 0.6 is 0 Å². The molecule has 2 aliphatic rings. The van der Waals surface area contributed by atoms with Crippen LogP contribution in [0.2, 0.25) is 0 Å². The molecular formula is C21H28N5O+. The van der Waals surface area contributed by atoms with Gasteiger partial charge in [-0.25, -0.2) is 15.0 Å². The molecule has 6 nitrogen and oxygen atoms in total. The highest BCUT2D eigenvalue weighted by molar-refractivity contribution is 6.06. The van der Waals surface area contributed by atoms with E-state index in [-0.39, 0.29) is 0 Å². The monoisotopic (exact) mass is 366 g/mol. The number of fused-ring (bicyclic) bond motifs is 5. The van der Waals surface area contributed by atoms with Crippen LogP contribution in [0.15, 0.2) is 10.7 Å². The van der Waals surface area contributed by atoms with Gasteiger partial charge in [-0.05, 0) is 42.7 Å². The maximum atomic E-state index is 6.33. The summed E-state index contributed by atoms with van der Waals surface area (Å²) < 4.78 is 6.33. The van der Waals surface area contributed by atoms with E-state index in [1.54, 1.807) is 11.2 Å². The summed E-state index contributed by atoms with van der Waals surface area (Å²) in [6.07, 6.45) is 6.14. The molecule has 27 heavy (non-hydrogen) atoms. The van der Waals surface area contributed by atoms with E-state index in [2.05, 4.69) is 35.8 Å². The van der Waals surface area contributed by atoms with Crippen LogP contribution in [-0.2, 0) is 19.3 Å². The molecule has 0 saturated carbocycles. The number of pyridine rings is 1. The van der Waals surface area contributed by atoms with Crippen LogP contribution in [0, 0.1) is 5.92 Å². The predicted molar refractivity (Wildman–Crippen MR) is 107 cm³/mol. The van der Waals surface area contributed by atoms with E-state index >= 15 is 0 Å². The molecule has 5 rings (SSSR count). The van der Waals surface area contributed by atoms with Gasteiger partial charge in [-0.2, -0.15) is 0 Å². The van der Waals surface area contributed by atoms with E-state index in [9.17, 15) is 0 Å². The lowest BCUT2D eigenvalue weighted by molar-refractivity contribution is -0.880. The van der Waals surface area contributed by atoms with Crippen molar-refractivity contribution in [2.45, 2.75) is 39.5 Å². The van der Waals surface area contributed by atoms with Gasteiger partial charge in [-0.15, -0.1) is 0 Å². The van der Waals surface area contributed by atoms with Crippen LogP contribution in [0.5, 0.6) is 0 Å². The Bertz CT molecular complexity index is 1000. The number of anilines is 1. The summed E-state index contributed by atoms with van der Waals surface area (Å²) in [6.45, 7) is 8.75. The maximum absolute atomic E-state index is 6.33. The van der Waals surface area contributed by atoms with Gasteiger partial charge in [-0.3, -0.25) is 0 Å². The Morgan fingerprint density at radius 3 is 2.70 bits per heavy atom. The van der Waals surface area contributed by atoms with Crippen molar-refractivity contribution in [3.05, 3.63) is 23.1 Å². The highest BCUT2D eigenvalue weighted by Crippen LogP contribution is 2.39. The third-order valence-electron chi connectivity index (χ3n) is 6.06. The molecule has 142 valence electrons. The first-order chi connectivity index (χ1) is 13.1. The van der Waals surface area contributed by atoms with Crippen molar-refractivity contribution in [2.75, 3.05) is 38.1 Å². The highest BCUT2D eigenvalue weighted by Gasteiger charge is 2.27. The van der Waals surface area contributed by atoms with Gasteiger partial charge in [0.1, 0.15) is 11.8 Å². The van der Waals surface area contributed by atoms with Gasteiger partial charge in [-0.1, -0.05) is 13.8 Å². The summed E-state index contributed by atoms with van der Waals surface area (Å²) in [6, 6.07) is 0. The van der Waals surface area contributed by atoms with E-state index in [1.165, 1.54) is 23.2 Å². The van der Waals surface area contributed by atoms with Crippen LogP contribution in [0.1, 0.15) is 37.1 Å². The number of likely N-dealkylation sites (N-methyl/N-ethyl adjacent to an activating group) is 1. The van der Waals surface area contributed by atoms with Gasteiger partial charge in [0.25, 0.3) is 0 Å². The number of aryl methyl sites for hydroxylation is 1. The van der Waals surface area contributed by atoms with Crippen molar-refractivity contribution < 1.29 is 9.32 Å². The topological polar surface area (TPSA) is 59.5 Å². The van der Waals surface area contributed by atoms with E-state index in [0.29, 0.717) is 5.92 Å². The molecule has 1 saturated heterocycles. The molecular weight excluding hydrogens is 338 g/mol. The van der Waals surface area contributed by atoms with Gasteiger partial charge in [0.05, 0.1) is 38.6 Å². The maximum Gasteiger partial charge on any atom is 0.229 e. The zero-order valence-corrected chi connectivity index (χ0v) is 16.5. The van der Waals surface area contributed by atoms with Crippen molar-refractivity contribution >= 4 is 28.0 Å². The number of nitrogens with one attached hydrogen (secondary N) is 1. The van der Waals surface area contributed by atoms with E-state index in [1.807, 2.05) is 0 Å². The first-order valence-corrected chi connectivity index (χ1v) is 10.3. The fraction of sp³-hybridized carbons (Fsp3) is 0.571. The average molecular weight is 366 g/mol. The SMILES string of the molecule is CC(C)Cc1nc2oc3c(N4CC[NH+](C)CC4)ncnc3c2c2c1CCC2. The predicted octanol–water partition coefficient (Wildman–Crippen LogP) is 1.79. The van der Waals surface area contributed by atoms with Crippen molar-refractivity contribution in [3.8, 4) is 0 Å². The Hall–Kier alpha value is -2.21. The number of piperazine rings is 1. The zero-order chi connectivity index (χ0) is 18.5. The minimum atomic E-state index is 0.590. The minimum Gasteiger partial charge on any atom is -0.432 e. The normalized spacial score (nSPS) is 18.1. The Labute approximate surface area is 159 Å². The molecule has 0 unspecified atom stereocenters. The molecule has 1 N–H and O–H groups in total. The van der Waals surface area contributed by atoms with Gasteiger partial charge < -0.3 is 14.2 Å². The van der Waals surface area contributed by atoms with Crippen molar-refractivity contribution in [1.82, 2.24) is 15.0 Å². The van der Waals surface area contributed by atoms with Gasteiger partial charge in [0.2, 0.25) is 5.71 Å².